The molecule has 1 heterocycles. The third-order valence-electron chi connectivity index (χ3n) is 6.66. The summed E-state index contributed by atoms with van der Waals surface area (Å²) in [7, 11) is 0. The lowest BCUT2D eigenvalue weighted by atomic mass is 9.78. The molecule has 1 aliphatic heterocycles. The number of fused-ring (bicyclic) bond motifs is 5. The average molecular weight is 262 g/mol. The molecule has 2 bridgehead atoms. The third-order valence-corrected chi connectivity index (χ3v) is 6.66. The molecule has 19 heavy (non-hydrogen) atoms. The van der Waals surface area contributed by atoms with Crippen LogP contribution in [0, 0.1) is 29.1 Å². The lowest BCUT2D eigenvalue weighted by Gasteiger charge is -2.34. The van der Waals surface area contributed by atoms with Crippen molar-refractivity contribution >= 4 is 5.91 Å². The van der Waals surface area contributed by atoms with Gasteiger partial charge in [-0.3, -0.25) is 4.79 Å². The van der Waals surface area contributed by atoms with Crippen LogP contribution in [0.1, 0.15) is 45.4 Å². The van der Waals surface area contributed by atoms with E-state index in [2.05, 4.69) is 17.6 Å². The zero-order valence-electron chi connectivity index (χ0n) is 12.0. The molecule has 4 aliphatic rings. The smallest absolute Gasteiger partial charge is 0.227 e. The molecule has 3 nitrogen and oxygen atoms in total. The summed E-state index contributed by atoms with van der Waals surface area (Å²) in [4.78, 5) is 12.5. The molecule has 3 saturated carbocycles. The zero-order chi connectivity index (χ0) is 13.0. The monoisotopic (exact) mass is 262 g/mol. The number of amides is 1. The van der Waals surface area contributed by atoms with Crippen molar-refractivity contribution in [1.82, 2.24) is 10.6 Å². The fraction of sp³-hybridized carbons (Fsp3) is 0.938. The van der Waals surface area contributed by atoms with Crippen molar-refractivity contribution in [2.45, 2.75) is 51.5 Å². The summed E-state index contributed by atoms with van der Waals surface area (Å²) in [5.74, 6) is 4.00. The molecule has 0 aromatic rings. The van der Waals surface area contributed by atoms with Crippen LogP contribution in [0.15, 0.2) is 0 Å². The van der Waals surface area contributed by atoms with E-state index < -0.39 is 0 Å². The van der Waals surface area contributed by atoms with Crippen molar-refractivity contribution in [3.63, 3.8) is 0 Å². The normalized spacial score (nSPS) is 51.5. The summed E-state index contributed by atoms with van der Waals surface area (Å²) in [6.07, 6.45) is 7.98. The van der Waals surface area contributed by atoms with Gasteiger partial charge in [0, 0.05) is 12.6 Å². The Kier molecular flexibility index (Phi) is 2.70. The molecule has 6 unspecified atom stereocenters. The second-order valence-corrected chi connectivity index (χ2v) is 7.72. The highest BCUT2D eigenvalue weighted by atomic mass is 16.2. The van der Waals surface area contributed by atoms with Crippen LogP contribution in [0.4, 0.5) is 0 Å². The lowest BCUT2D eigenvalue weighted by Crippen LogP contribution is -2.48. The van der Waals surface area contributed by atoms with Crippen molar-refractivity contribution in [1.29, 1.82) is 0 Å². The van der Waals surface area contributed by atoms with Gasteiger partial charge in [0.15, 0.2) is 0 Å². The third kappa shape index (κ3) is 1.77. The van der Waals surface area contributed by atoms with Gasteiger partial charge in [-0.05, 0) is 69.2 Å². The molecule has 0 spiro atoms. The van der Waals surface area contributed by atoms with Gasteiger partial charge in [-0.1, -0.05) is 6.42 Å². The molecular weight excluding hydrogens is 236 g/mol. The molecule has 3 aliphatic carbocycles. The first-order chi connectivity index (χ1) is 9.17. The van der Waals surface area contributed by atoms with Gasteiger partial charge in [-0.15, -0.1) is 0 Å². The summed E-state index contributed by atoms with van der Waals surface area (Å²) in [5.41, 5.74) is -0.156. The lowest BCUT2D eigenvalue weighted by molar-refractivity contribution is -0.130. The highest BCUT2D eigenvalue weighted by Gasteiger charge is 2.54. The van der Waals surface area contributed by atoms with Crippen molar-refractivity contribution < 1.29 is 4.79 Å². The molecule has 106 valence electrons. The molecule has 3 heteroatoms. The molecule has 4 rings (SSSR count). The number of hydrogen-bond acceptors (Lipinski definition) is 2. The maximum atomic E-state index is 12.5. The van der Waals surface area contributed by atoms with E-state index >= 15 is 0 Å². The second kappa shape index (κ2) is 4.21. The minimum atomic E-state index is -0.156. The first-order valence-corrected chi connectivity index (χ1v) is 8.19. The van der Waals surface area contributed by atoms with Gasteiger partial charge < -0.3 is 10.6 Å². The predicted octanol–water partition coefficient (Wildman–Crippen LogP) is 1.93. The Bertz CT molecular complexity index is 388. The summed E-state index contributed by atoms with van der Waals surface area (Å²) in [5, 5.41) is 6.76. The minimum absolute atomic E-state index is 0.156. The van der Waals surface area contributed by atoms with E-state index in [4.69, 9.17) is 0 Å². The van der Waals surface area contributed by atoms with Crippen molar-refractivity contribution in [2.24, 2.45) is 29.1 Å². The first-order valence-electron chi connectivity index (χ1n) is 8.19. The molecule has 1 saturated heterocycles. The summed E-state index contributed by atoms with van der Waals surface area (Å²) in [6, 6.07) is 0.495. The molecular formula is C16H26N2O. The SMILES string of the molecule is CC1(C(=O)NC2CC3CC2C2CCCC32)CCNC1. The second-order valence-electron chi connectivity index (χ2n) is 7.72. The Labute approximate surface area is 115 Å². The van der Waals surface area contributed by atoms with Crippen LogP contribution >= 0.6 is 0 Å². The van der Waals surface area contributed by atoms with Gasteiger partial charge in [0.05, 0.1) is 5.41 Å². The highest BCUT2D eigenvalue weighted by molar-refractivity contribution is 5.83. The summed E-state index contributed by atoms with van der Waals surface area (Å²) >= 11 is 0. The van der Waals surface area contributed by atoms with E-state index in [9.17, 15) is 4.79 Å². The number of hydrogen-bond donors (Lipinski definition) is 2. The van der Waals surface area contributed by atoms with Crippen LogP contribution in [0.2, 0.25) is 0 Å². The molecule has 2 N–H and O–H groups in total. The predicted molar refractivity (Wildman–Crippen MR) is 74.6 cm³/mol. The van der Waals surface area contributed by atoms with Crippen molar-refractivity contribution in [3.05, 3.63) is 0 Å². The largest absolute Gasteiger partial charge is 0.353 e. The average Bonchev–Trinajstić information content (AvgIpc) is 3.08. The van der Waals surface area contributed by atoms with Crippen LogP contribution in [-0.4, -0.2) is 25.0 Å². The molecule has 0 radical (unpaired) electrons. The van der Waals surface area contributed by atoms with E-state index in [1.165, 1.54) is 32.1 Å². The zero-order valence-corrected chi connectivity index (χ0v) is 12.0. The number of carbonyl (C=O) groups excluding carboxylic acids is 1. The van der Waals surface area contributed by atoms with Gasteiger partial charge in [-0.2, -0.15) is 0 Å². The number of rotatable bonds is 2. The Morgan fingerprint density at radius 2 is 2.05 bits per heavy atom. The highest BCUT2D eigenvalue weighted by Crippen LogP contribution is 2.58. The maximum absolute atomic E-state index is 12.5. The van der Waals surface area contributed by atoms with Gasteiger partial charge in [0.25, 0.3) is 0 Å². The molecule has 6 atom stereocenters. The van der Waals surface area contributed by atoms with E-state index in [0.717, 1.165) is 43.2 Å². The van der Waals surface area contributed by atoms with E-state index in [-0.39, 0.29) is 5.41 Å². The topological polar surface area (TPSA) is 41.1 Å². The van der Waals surface area contributed by atoms with Crippen LogP contribution in [0.5, 0.6) is 0 Å². The number of carbonyl (C=O) groups is 1. The number of nitrogens with one attached hydrogen (secondary N) is 2. The fourth-order valence-corrected chi connectivity index (χ4v) is 5.59. The van der Waals surface area contributed by atoms with E-state index in [1.807, 2.05) is 0 Å². The van der Waals surface area contributed by atoms with E-state index in [1.54, 1.807) is 0 Å². The Morgan fingerprint density at radius 3 is 2.84 bits per heavy atom. The van der Waals surface area contributed by atoms with Gasteiger partial charge >= 0.3 is 0 Å². The summed E-state index contributed by atoms with van der Waals surface area (Å²) < 4.78 is 0. The maximum Gasteiger partial charge on any atom is 0.227 e. The Balaban J connectivity index is 1.43. The van der Waals surface area contributed by atoms with Crippen LogP contribution in [0.25, 0.3) is 0 Å². The standard InChI is InChI=1S/C16H26N2O/c1-16(5-6-17-9-16)15(19)18-14-8-10-7-13(14)12-4-2-3-11(10)12/h10-14,17H,2-9H2,1H3,(H,18,19). The quantitative estimate of drug-likeness (QED) is 0.798. The summed E-state index contributed by atoms with van der Waals surface area (Å²) in [6.45, 7) is 3.96. The van der Waals surface area contributed by atoms with Gasteiger partial charge in [0.2, 0.25) is 5.91 Å². The fourth-order valence-electron chi connectivity index (χ4n) is 5.59. The molecule has 4 fully saturated rings. The van der Waals surface area contributed by atoms with Crippen LogP contribution < -0.4 is 10.6 Å². The van der Waals surface area contributed by atoms with Crippen LogP contribution in [-0.2, 0) is 4.79 Å². The van der Waals surface area contributed by atoms with Crippen molar-refractivity contribution in [3.8, 4) is 0 Å². The molecule has 0 aromatic carbocycles. The van der Waals surface area contributed by atoms with Crippen molar-refractivity contribution in [2.75, 3.05) is 13.1 Å². The van der Waals surface area contributed by atoms with Gasteiger partial charge in [-0.25, -0.2) is 0 Å². The Morgan fingerprint density at radius 1 is 1.21 bits per heavy atom. The van der Waals surface area contributed by atoms with Gasteiger partial charge in [0.1, 0.15) is 0 Å². The molecule has 0 aromatic heterocycles. The van der Waals surface area contributed by atoms with E-state index in [0.29, 0.717) is 11.9 Å². The molecule has 1 amide bonds. The van der Waals surface area contributed by atoms with Crippen LogP contribution in [0.3, 0.4) is 0 Å². The Hall–Kier alpha value is -0.570. The minimum Gasteiger partial charge on any atom is -0.353 e. The first kappa shape index (κ1) is 12.2.